The second-order valence-corrected chi connectivity index (χ2v) is 6.76. The van der Waals surface area contributed by atoms with Crippen molar-refractivity contribution < 1.29 is 9.90 Å². The topological polar surface area (TPSA) is 40.5 Å². The highest BCUT2D eigenvalue weighted by Crippen LogP contribution is 2.26. The summed E-state index contributed by atoms with van der Waals surface area (Å²) in [5.41, 5.74) is 0. The normalized spacial score (nSPS) is 13.2. The van der Waals surface area contributed by atoms with Crippen molar-refractivity contribution in [3.05, 3.63) is 50.4 Å². The molecule has 2 aromatic rings. The molecular weight excluding hydrogens is 290 g/mol. The van der Waals surface area contributed by atoms with E-state index in [0.29, 0.717) is 6.04 Å². The predicted octanol–water partition coefficient (Wildman–Crippen LogP) is 4.10. The zero-order chi connectivity index (χ0) is 14.5. The molecule has 1 N–H and O–H groups in total. The van der Waals surface area contributed by atoms with Crippen LogP contribution in [0.4, 0.5) is 0 Å². The number of nitrogens with zero attached hydrogens (tertiary/aromatic N) is 1. The molecule has 2 aromatic heterocycles. The van der Waals surface area contributed by atoms with E-state index in [1.54, 1.807) is 28.7 Å². The molecule has 0 aliphatic heterocycles. The number of hydrogen-bond acceptors (Lipinski definition) is 4. The Morgan fingerprint density at radius 1 is 1.45 bits per heavy atom. The zero-order valence-electron chi connectivity index (χ0n) is 11.4. The molecule has 3 nitrogen and oxygen atoms in total. The lowest BCUT2D eigenvalue weighted by Crippen LogP contribution is -2.20. The van der Waals surface area contributed by atoms with Crippen molar-refractivity contribution in [2.75, 3.05) is 7.05 Å². The molecule has 106 valence electrons. The smallest absolute Gasteiger partial charge is 0.328 e. The summed E-state index contributed by atoms with van der Waals surface area (Å²) in [6.07, 6.45) is 2.81. The van der Waals surface area contributed by atoms with Crippen LogP contribution in [0.3, 0.4) is 0 Å². The number of carboxylic acid groups (broad SMARTS) is 1. The highest BCUT2D eigenvalue weighted by atomic mass is 32.1. The van der Waals surface area contributed by atoms with Gasteiger partial charge >= 0.3 is 5.97 Å². The Bertz CT molecular complexity index is 587. The summed E-state index contributed by atoms with van der Waals surface area (Å²) >= 11 is 3.40. The molecule has 0 saturated heterocycles. The minimum absolute atomic E-state index is 0.384. The lowest BCUT2D eigenvalue weighted by Gasteiger charge is -2.23. The monoisotopic (exact) mass is 307 g/mol. The van der Waals surface area contributed by atoms with Crippen LogP contribution in [0.5, 0.6) is 0 Å². The maximum atomic E-state index is 10.5. The Kier molecular flexibility index (Phi) is 5.11. The van der Waals surface area contributed by atoms with Gasteiger partial charge in [-0.1, -0.05) is 6.07 Å². The third-order valence-electron chi connectivity index (χ3n) is 3.09. The van der Waals surface area contributed by atoms with Gasteiger partial charge in [0.05, 0.1) is 0 Å². The maximum absolute atomic E-state index is 10.5. The van der Waals surface area contributed by atoms with Crippen molar-refractivity contribution in [1.82, 2.24) is 4.90 Å². The number of thiophene rings is 2. The fourth-order valence-corrected chi connectivity index (χ4v) is 3.68. The van der Waals surface area contributed by atoms with E-state index in [2.05, 4.69) is 42.5 Å². The van der Waals surface area contributed by atoms with Crippen LogP contribution < -0.4 is 0 Å². The number of aliphatic carboxylic acids is 1. The van der Waals surface area contributed by atoms with E-state index in [-0.39, 0.29) is 0 Å². The van der Waals surface area contributed by atoms with E-state index in [1.165, 1.54) is 15.8 Å². The Morgan fingerprint density at radius 2 is 2.25 bits per heavy atom. The summed E-state index contributed by atoms with van der Waals surface area (Å²) in [5, 5.41) is 10.7. The Morgan fingerprint density at radius 3 is 2.90 bits per heavy atom. The van der Waals surface area contributed by atoms with Crippen LogP contribution in [0.15, 0.2) is 35.7 Å². The molecule has 0 aliphatic rings. The van der Waals surface area contributed by atoms with Gasteiger partial charge in [0.2, 0.25) is 0 Å². The van der Waals surface area contributed by atoms with Crippen LogP contribution >= 0.6 is 22.7 Å². The molecule has 1 unspecified atom stereocenters. The van der Waals surface area contributed by atoms with Crippen molar-refractivity contribution in [3.63, 3.8) is 0 Å². The fourth-order valence-electron chi connectivity index (χ4n) is 1.85. The molecule has 5 heteroatoms. The minimum atomic E-state index is -0.914. The van der Waals surface area contributed by atoms with Gasteiger partial charge in [-0.25, -0.2) is 4.79 Å². The summed E-state index contributed by atoms with van der Waals surface area (Å²) in [6.45, 7) is 3.06. The Labute approximate surface area is 126 Å². The average Bonchev–Trinajstić information content (AvgIpc) is 3.06. The number of rotatable bonds is 6. The van der Waals surface area contributed by atoms with Gasteiger partial charge in [-0.05, 0) is 43.6 Å². The van der Waals surface area contributed by atoms with E-state index in [9.17, 15) is 4.79 Å². The highest BCUT2D eigenvalue weighted by molar-refractivity contribution is 7.12. The van der Waals surface area contributed by atoms with E-state index < -0.39 is 5.97 Å². The van der Waals surface area contributed by atoms with Crippen LogP contribution in [0.25, 0.3) is 6.08 Å². The van der Waals surface area contributed by atoms with Gasteiger partial charge < -0.3 is 5.11 Å². The van der Waals surface area contributed by atoms with Gasteiger partial charge in [-0.15, -0.1) is 22.7 Å². The third-order valence-corrected chi connectivity index (χ3v) is 5.17. The molecule has 1 atom stereocenters. The van der Waals surface area contributed by atoms with Gasteiger partial charge in [0.15, 0.2) is 0 Å². The van der Waals surface area contributed by atoms with Crippen molar-refractivity contribution in [2.45, 2.75) is 19.5 Å². The molecule has 2 heterocycles. The second-order valence-electron chi connectivity index (χ2n) is 4.58. The molecule has 2 rings (SSSR count). The molecule has 0 bridgehead atoms. The van der Waals surface area contributed by atoms with Crippen molar-refractivity contribution in [3.8, 4) is 0 Å². The molecule has 0 amide bonds. The first-order valence-corrected chi connectivity index (χ1v) is 7.99. The Hall–Kier alpha value is -1.43. The Balaban J connectivity index is 1.98. The largest absolute Gasteiger partial charge is 0.478 e. The highest BCUT2D eigenvalue weighted by Gasteiger charge is 2.13. The summed E-state index contributed by atoms with van der Waals surface area (Å²) < 4.78 is 0. The SMILES string of the molecule is CC(c1cccs1)N(C)Cc1ccc(C=CC(=O)O)s1. The van der Waals surface area contributed by atoms with Gasteiger partial charge in [0.25, 0.3) is 0 Å². The van der Waals surface area contributed by atoms with Crippen LogP contribution in [0.1, 0.15) is 27.6 Å². The molecule has 0 spiro atoms. The van der Waals surface area contributed by atoms with Gasteiger partial charge in [0, 0.05) is 33.3 Å². The summed E-state index contributed by atoms with van der Waals surface area (Å²) in [7, 11) is 2.11. The quantitative estimate of drug-likeness (QED) is 0.817. The zero-order valence-corrected chi connectivity index (χ0v) is 13.1. The van der Waals surface area contributed by atoms with Crippen molar-refractivity contribution >= 4 is 34.7 Å². The molecule has 0 aliphatic carbocycles. The average molecular weight is 307 g/mol. The summed E-state index contributed by atoms with van der Waals surface area (Å²) in [5.74, 6) is -0.914. The number of carboxylic acids is 1. The van der Waals surface area contributed by atoms with Crippen molar-refractivity contribution in [2.24, 2.45) is 0 Å². The molecule has 0 fully saturated rings. The van der Waals surface area contributed by atoms with E-state index in [0.717, 1.165) is 11.4 Å². The molecule has 0 saturated carbocycles. The van der Waals surface area contributed by atoms with Crippen molar-refractivity contribution in [1.29, 1.82) is 0 Å². The van der Waals surface area contributed by atoms with Crippen LogP contribution in [0.2, 0.25) is 0 Å². The molecule has 0 radical (unpaired) electrons. The number of carbonyl (C=O) groups is 1. The maximum Gasteiger partial charge on any atom is 0.328 e. The molecule has 0 aromatic carbocycles. The lowest BCUT2D eigenvalue weighted by atomic mass is 10.2. The van der Waals surface area contributed by atoms with Gasteiger partial charge in [-0.2, -0.15) is 0 Å². The van der Waals surface area contributed by atoms with Crippen LogP contribution in [0, 0.1) is 0 Å². The first-order chi connectivity index (χ1) is 9.56. The molecule has 20 heavy (non-hydrogen) atoms. The predicted molar refractivity (Wildman–Crippen MR) is 85.2 cm³/mol. The van der Waals surface area contributed by atoms with Crippen LogP contribution in [-0.2, 0) is 11.3 Å². The van der Waals surface area contributed by atoms with E-state index in [4.69, 9.17) is 5.11 Å². The summed E-state index contributed by atoms with van der Waals surface area (Å²) in [4.78, 5) is 16.3. The fraction of sp³-hybridized carbons (Fsp3) is 0.267. The van der Waals surface area contributed by atoms with E-state index in [1.807, 2.05) is 6.07 Å². The first kappa shape index (κ1) is 15.0. The first-order valence-electron chi connectivity index (χ1n) is 6.29. The second kappa shape index (κ2) is 6.83. The minimum Gasteiger partial charge on any atom is -0.478 e. The van der Waals surface area contributed by atoms with Crippen LogP contribution in [-0.4, -0.2) is 23.0 Å². The standard InChI is InChI=1S/C15H17NO2S2/c1-11(14-4-3-9-19-14)16(2)10-13-6-5-12(20-13)7-8-15(17)18/h3-9,11H,10H2,1-2H3,(H,17,18). The summed E-state index contributed by atoms with van der Waals surface area (Å²) in [6, 6.07) is 8.63. The number of hydrogen-bond donors (Lipinski definition) is 1. The lowest BCUT2D eigenvalue weighted by molar-refractivity contribution is -0.131. The van der Waals surface area contributed by atoms with E-state index >= 15 is 0 Å². The van der Waals surface area contributed by atoms with Gasteiger partial charge in [0.1, 0.15) is 0 Å². The third kappa shape index (κ3) is 4.03. The molecular formula is C15H17NO2S2. The van der Waals surface area contributed by atoms with Gasteiger partial charge in [-0.3, -0.25) is 4.90 Å².